The smallest absolute Gasteiger partial charge is 0.244 e. The van der Waals surface area contributed by atoms with Gasteiger partial charge in [-0.2, -0.15) is 29.8 Å². The number of aromatic amines is 2. The Morgan fingerprint density at radius 1 is 0.706 bits per heavy atom. The van der Waals surface area contributed by atoms with Crippen LogP contribution in [0.2, 0.25) is 10.0 Å². The molecule has 0 atom stereocenters. The minimum atomic E-state index is -0.425. The molecule has 0 saturated heterocycles. The van der Waals surface area contributed by atoms with E-state index in [1.807, 2.05) is 24.3 Å². The van der Waals surface area contributed by atoms with Gasteiger partial charge in [-0.05, 0) is 48.2 Å². The maximum Gasteiger partial charge on any atom is 0.364 e. The van der Waals surface area contributed by atoms with Crippen LogP contribution in [-0.2, 0) is 12.8 Å². The van der Waals surface area contributed by atoms with E-state index in [4.69, 9.17) is 23.2 Å². The summed E-state index contributed by atoms with van der Waals surface area (Å²) in [6.07, 6.45) is 5.05. The Morgan fingerprint density at radius 3 is 1.47 bits per heavy atom. The molecule has 2 N–H and O–H groups in total. The number of nitrogens with zero attached hydrogens (tertiary/aromatic N) is 6. The van der Waals surface area contributed by atoms with E-state index >= 15 is 0 Å². The second kappa shape index (κ2) is 10.9. The molecule has 0 saturated carbocycles. The number of unbranched alkanes of at least 4 members (excludes halogenated alkanes) is 1. The van der Waals surface area contributed by atoms with Crippen LogP contribution in [-0.4, -0.2) is 42.2 Å². The lowest BCUT2D eigenvalue weighted by atomic mass is 10.1. The highest BCUT2D eigenvalue weighted by Crippen LogP contribution is 2.13. The fourth-order valence-electron chi connectivity index (χ4n) is 3.11. The lowest BCUT2D eigenvalue weighted by molar-refractivity contribution is 0.767. The minimum absolute atomic E-state index is 0.425. The van der Waals surface area contributed by atoms with Crippen molar-refractivity contribution in [2.75, 3.05) is 0 Å². The molecular formula is C22H20Cl2N8O2. The van der Waals surface area contributed by atoms with Gasteiger partial charge in [-0.1, -0.05) is 47.5 Å². The van der Waals surface area contributed by atoms with Gasteiger partial charge in [0.25, 0.3) is 0 Å². The summed E-state index contributed by atoms with van der Waals surface area (Å²) in [7, 11) is 0. The number of rotatable bonds is 9. The zero-order valence-electron chi connectivity index (χ0n) is 17.9. The van der Waals surface area contributed by atoms with E-state index in [2.05, 4.69) is 30.6 Å². The van der Waals surface area contributed by atoms with E-state index in [-0.39, 0.29) is 0 Å². The fourth-order valence-corrected chi connectivity index (χ4v) is 3.37. The Morgan fingerprint density at radius 2 is 1.09 bits per heavy atom. The third-order valence-corrected chi connectivity index (χ3v) is 5.31. The molecule has 4 aromatic rings. The Bertz CT molecular complexity index is 1300. The zero-order valence-corrected chi connectivity index (χ0v) is 19.4. The van der Waals surface area contributed by atoms with Crippen molar-refractivity contribution in [3.63, 3.8) is 0 Å². The summed E-state index contributed by atoms with van der Waals surface area (Å²) < 4.78 is 2.44. The van der Waals surface area contributed by atoms with Crippen LogP contribution >= 0.6 is 23.2 Å². The molecule has 0 aliphatic rings. The van der Waals surface area contributed by atoms with Gasteiger partial charge in [-0.15, -0.1) is 0 Å². The molecule has 2 aromatic carbocycles. The van der Waals surface area contributed by atoms with Gasteiger partial charge in [-0.25, -0.2) is 19.8 Å². The van der Waals surface area contributed by atoms with Crippen molar-refractivity contribution in [2.45, 2.75) is 25.7 Å². The highest BCUT2D eigenvalue weighted by molar-refractivity contribution is 6.30. The monoisotopic (exact) mass is 498 g/mol. The molecule has 2 heterocycles. The van der Waals surface area contributed by atoms with Crippen LogP contribution in [0.5, 0.6) is 0 Å². The number of aromatic nitrogens is 6. The number of hydrogen-bond acceptors (Lipinski definition) is 6. The van der Waals surface area contributed by atoms with Gasteiger partial charge in [0.05, 0.1) is 0 Å². The zero-order chi connectivity index (χ0) is 23.9. The number of benzene rings is 2. The van der Waals surface area contributed by atoms with Crippen LogP contribution in [0.1, 0.15) is 35.6 Å². The first kappa shape index (κ1) is 23.4. The van der Waals surface area contributed by atoms with Gasteiger partial charge in [0.15, 0.2) is 11.6 Å². The van der Waals surface area contributed by atoms with Crippen molar-refractivity contribution < 1.29 is 0 Å². The normalized spacial score (nSPS) is 11.7. The van der Waals surface area contributed by atoms with Gasteiger partial charge in [0, 0.05) is 35.3 Å². The predicted octanol–water partition coefficient (Wildman–Crippen LogP) is 3.09. The molecular weight excluding hydrogens is 479 g/mol. The quantitative estimate of drug-likeness (QED) is 0.271. The molecule has 0 aliphatic heterocycles. The molecule has 12 heteroatoms. The predicted molar refractivity (Wildman–Crippen MR) is 131 cm³/mol. The SMILES string of the molecule is O=c1[nH]nc(Cc2ccc(Cl)cc2)n1/N=C/CC/C=N/n1c(Cc2ccc(Cl)cc2)n[nH]c1=O. The average Bonchev–Trinajstić information content (AvgIpc) is 3.35. The van der Waals surface area contributed by atoms with Crippen molar-refractivity contribution in [3.8, 4) is 0 Å². The van der Waals surface area contributed by atoms with E-state index in [0.29, 0.717) is 47.4 Å². The molecule has 2 aromatic heterocycles. The van der Waals surface area contributed by atoms with Crippen LogP contribution < -0.4 is 11.4 Å². The van der Waals surface area contributed by atoms with Gasteiger partial charge < -0.3 is 0 Å². The lowest BCUT2D eigenvalue weighted by Crippen LogP contribution is -2.15. The summed E-state index contributed by atoms with van der Waals surface area (Å²) >= 11 is 11.8. The van der Waals surface area contributed by atoms with Gasteiger partial charge in [0.1, 0.15) is 0 Å². The first-order chi connectivity index (χ1) is 16.5. The molecule has 0 spiro atoms. The van der Waals surface area contributed by atoms with Gasteiger partial charge in [0.2, 0.25) is 0 Å². The van der Waals surface area contributed by atoms with Crippen LogP contribution in [0.15, 0.2) is 68.3 Å². The first-order valence-corrected chi connectivity index (χ1v) is 11.1. The van der Waals surface area contributed by atoms with Gasteiger partial charge in [-0.3, -0.25) is 0 Å². The molecule has 0 amide bonds. The standard InChI is InChI=1S/C22H20Cl2N8O2/c23-17-7-3-15(4-8-17)13-19-27-29-21(33)31(19)25-11-1-2-12-26-32-20(28-30-22(32)34)14-16-5-9-18(24)10-6-16/h3-12H,1-2,13-14H2,(H,29,33)(H,30,34)/b25-11+,26-12+. The highest BCUT2D eigenvalue weighted by Gasteiger charge is 2.09. The van der Waals surface area contributed by atoms with Crippen LogP contribution in [0.25, 0.3) is 0 Å². The molecule has 174 valence electrons. The number of H-pyrrole nitrogens is 2. The molecule has 34 heavy (non-hydrogen) atoms. The Labute approximate surface area is 203 Å². The summed E-state index contributed by atoms with van der Waals surface area (Å²) in [6.45, 7) is 0. The minimum Gasteiger partial charge on any atom is -0.244 e. The lowest BCUT2D eigenvalue weighted by Gasteiger charge is -2.01. The number of halogens is 2. The third kappa shape index (κ3) is 5.97. The van der Waals surface area contributed by atoms with E-state index in [0.717, 1.165) is 11.1 Å². The summed E-state index contributed by atoms with van der Waals surface area (Å²) in [6, 6.07) is 14.6. The van der Waals surface area contributed by atoms with Crippen molar-refractivity contribution in [3.05, 3.63) is 102 Å². The maximum absolute atomic E-state index is 12.0. The van der Waals surface area contributed by atoms with Crippen LogP contribution in [0, 0.1) is 0 Å². The molecule has 10 nitrogen and oxygen atoms in total. The molecule has 0 aliphatic carbocycles. The maximum atomic E-state index is 12.0. The summed E-state index contributed by atoms with van der Waals surface area (Å²) in [5.74, 6) is 0.961. The summed E-state index contributed by atoms with van der Waals surface area (Å²) in [5, 5.41) is 22.6. The first-order valence-electron chi connectivity index (χ1n) is 10.4. The summed E-state index contributed by atoms with van der Waals surface area (Å²) in [5.41, 5.74) is 1.05. The van der Waals surface area contributed by atoms with Crippen molar-refractivity contribution in [1.29, 1.82) is 0 Å². The topological polar surface area (TPSA) is 126 Å². The second-order valence-corrected chi connectivity index (χ2v) is 8.17. The number of nitrogens with one attached hydrogen (secondary N) is 2. The van der Waals surface area contributed by atoms with E-state index < -0.39 is 11.4 Å². The van der Waals surface area contributed by atoms with E-state index in [9.17, 15) is 9.59 Å². The third-order valence-electron chi connectivity index (χ3n) is 4.81. The van der Waals surface area contributed by atoms with Crippen molar-refractivity contribution in [1.82, 2.24) is 29.7 Å². The molecule has 0 unspecified atom stereocenters. The van der Waals surface area contributed by atoms with Crippen molar-refractivity contribution in [2.24, 2.45) is 10.2 Å². The fraction of sp³-hybridized carbons (Fsp3) is 0.182. The molecule has 0 bridgehead atoms. The van der Waals surface area contributed by atoms with Crippen LogP contribution in [0.3, 0.4) is 0 Å². The van der Waals surface area contributed by atoms with E-state index in [1.165, 1.54) is 9.35 Å². The Hall–Kier alpha value is -3.76. The van der Waals surface area contributed by atoms with E-state index in [1.54, 1.807) is 36.7 Å². The highest BCUT2D eigenvalue weighted by atomic mass is 35.5. The molecule has 0 radical (unpaired) electrons. The van der Waals surface area contributed by atoms with Gasteiger partial charge >= 0.3 is 11.4 Å². The van der Waals surface area contributed by atoms with Crippen LogP contribution in [0.4, 0.5) is 0 Å². The second-order valence-electron chi connectivity index (χ2n) is 7.29. The largest absolute Gasteiger partial charge is 0.364 e. The molecule has 4 rings (SSSR count). The molecule has 0 fully saturated rings. The number of hydrogen-bond donors (Lipinski definition) is 2. The Kier molecular flexibility index (Phi) is 7.51. The van der Waals surface area contributed by atoms with Crippen molar-refractivity contribution >= 4 is 35.6 Å². The summed E-state index contributed by atoms with van der Waals surface area (Å²) in [4.78, 5) is 24.1. The Balaban J connectivity index is 1.35. The average molecular weight is 499 g/mol.